The van der Waals surface area contributed by atoms with Crippen molar-refractivity contribution in [1.82, 2.24) is 14.8 Å². The highest BCUT2D eigenvalue weighted by atomic mass is 32.1. The fourth-order valence-corrected chi connectivity index (χ4v) is 3.44. The van der Waals surface area contributed by atoms with E-state index in [0.29, 0.717) is 6.04 Å². The van der Waals surface area contributed by atoms with Crippen LogP contribution in [0.15, 0.2) is 35.8 Å². The summed E-state index contributed by atoms with van der Waals surface area (Å²) in [5.41, 5.74) is 1.35. The Kier molecular flexibility index (Phi) is 4.53. The van der Waals surface area contributed by atoms with Gasteiger partial charge in [0.2, 0.25) is 0 Å². The maximum Gasteiger partial charge on any atom is 0.118 e. The molecule has 2 aromatic rings. The molecular formula is C16H21N3OS. The summed E-state index contributed by atoms with van der Waals surface area (Å²) in [5.74, 6) is 0.914. The van der Waals surface area contributed by atoms with Crippen molar-refractivity contribution in [2.45, 2.75) is 12.6 Å². The number of nitrogens with zero attached hydrogens (tertiary/aromatic N) is 3. The molecule has 1 aromatic carbocycles. The Hall–Kier alpha value is -1.43. The van der Waals surface area contributed by atoms with Gasteiger partial charge in [0.15, 0.2) is 0 Å². The molecule has 0 N–H and O–H groups in total. The largest absolute Gasteiger partial charge is 0.497 e. The number of piperazine rings is 1. The van der Waals surface area contributed by atoms with Gasteiger partial charge in [-0.05, 0) is 24.7 Å². The van der Waals surface area contributed by atoms with Crippen molar-refractivity contribution in [3.05, 3.63) is 46.4 Å². The molecule has 1 fully saturated rings. The Morgan fingerprint density at radius 1 is 1.29 bits per heavy atom. The molecule has 2 heterocycles. The van der Waals surface area contributed by atoms with Crippen LogP contribution in [0.5, 0.6) is 5.75 Å². The lowest BCUT2D eigenvalue weighted by molar-refractivity contribution is 0.0904. The molecule has 21 heavy (non-hydrogen) atoms. The molecule has 0 unspecified atom stereocenters. The number of hydrogen-bond donors (Lipinski definition) is 0. The van der Waals surface area contributed by atoms with Gasteiger partial charge in [-0.3, -0.25) is 9.80 Å². The molecule has 0 amide bonds. The van der Waals surface area contributed by atoms with Crippen LogP contribution in [0.4, 0.5) is 0 Å². The minimum Gasteiger partial charge on any atom is -0.497 e. The van der Waals surface area contributed by atoms with Crippen molar-refractivity contribution in [1.29, 1.82) is 0 Å². The fraction of sp³-hybridized carbons (Fsp3) is 0.438. The van der Waals surface area contributed by atoms with Crippen LogP contribution < -0.4 is 4.74 Å². The molecule has 1 aromatic heterocycles. The number of ether oxygens (including phenoxy) is 1. The summed E-state index contributed by atoms with van der Waals surface area (Å²) in [6.07, 6.45) is 1.89. The maximum atomic E-state index is 5.24. The first-order valence-electron chi connectivity index (χ1n) is 7.21. The van der Waals surface area contributed by atoms with Gasteiger partial charge in [-0.2, -0.15) is 0 Å². The van der Waals surface area contributed by atoms with E-state index >= 15 is 0 Å². The van der Waals surface area contributed by atoms with Crippen LogP contribution in [0.25, 0.3) is 0 Å². The molecule has 112 valence electrons. The first-order valence-corrected chi connectivity index (χ1v) is 8.09. The molecule has 1 atom stereocenters. The van der Waals surface area contributed by atoms with Gasteiger partial charge in [-0.15, -0.1) is 11.3 Å². The highest BCUT2D eigenvalue weighted by Crippen LogP contribution is 2.26. The van der Waals surface area contributed by atoms with Crippen molar-refractivity contribution in [2.75, 3.05) is 33.8 Å². The van der Waals surface area contributed by atoms with E-state index in [0.717, 1.165) is 31.9 Å². The van der Waals surface area contributed by atoms with E-state index in [4.69, 9.17) is 4.74 Å². The zero-order chi connectivity index (χ0) is 14.7. The number of aromatic nitrogens is 1. The molecule has 0 aliphatic carbocycles. The van der Waals surface area contributed by atoms with Crippen molar-refractivity contribution in [3.63, 3.8) is 0 Å². The molecular weight excluding hydrogens is 282 g/mol. The van der Waals surface area contributed by atoms with Crippen LogP contribution >= 0.6 is 11.3 Å². The summed E-state index contributed by atoms with van der Waals surface area (Å²) < 4.78 is 5.24. The molecule has 0 saturated carbocycles. The second-order valence-corrected chi connectivity index (χ2v) is 6.41. The SMILES string of the molecule is COc1ccc([C@H]2CN(Cc3nccs3)CCN2C)cc1. The second-order valence-electron chi connectivity index (χ2n) is 5.43. The average molecular weight is 303 g/mol. The molecule has 3 rings (SSSR count). The van der Waals surface area contributed by atoms with Gasteiger partial charge in [0.05, 0.1) is 13.7 Å². The third-order valence-corrected chi connectivity index (χ3v) is 4.84. The van der Waals surface area contributed by atoms with Crippen LogP contribution in [0.2, 0.25) is 0 Å². The topological polar surface area (TPSA) is 28.6 Å². The highest BCUT2D eigenvalue weighted by molar-refractivity contribution is 7.09. The molecule has 0 spiro atoms. The van der Waals surface area contributed by atoms with Gasteiger partial charge < -0.3 is 4.74 Å². The van der Waals surface area contributed by atoms with Crippen molar-refractivity contribution >= 4 is 11.3 Å². The van der Waals surface area contributed by atoms with E-state index in [9.17, 15) is 0 Å². The van der Waals surface area contributed by atoms with Crippen LogP contribution in [0.1, 0.15) is 16.6 Å². The zero-order valence-electron chi connectivity index (χ0n) is 12.5. The zero-order valence-corrected chi connectivity index (χ0v) is 13.3. The Morgan fingerprint density at radius 2 is 2.10 bits per heavy atom. The summed E-state index contributed by atoms with van der Waals surface area (Å²) in [5, 5.41) is 3.25. The van der Waals surface area contributed by atoms with Gasteiger partial charge in [-0.1, -0.05) is 12.1 Å². The quantitative estimate of drug-likeness (QED) is 0.868. The Bertz CT molecular complexity index is 555. The van der Waals surface area contributed by atoms with Crippen LogP contribution in [0, 0.1) is 0 Å². The average Bonchev–Trinajstić information content (AvgIpc) is 3.02. The fourth-order valence-electron chi connectivity index (χ4n) is 2.78. The molecule has 5 heteroatoms. The summed E-state index contributed by atoms with van der Waals surface area (Å²) in [6, 6.07) is 8.87. The lowest BCUT2D eigenvalue weighted by Crippen LogP contribution is -2.46. The molecule has 4 nitrogen and oxygen atoms in total. The van der Waals surface area contributed by atoms with E-state index < -0.39 is 0 Å². The number of hydrogen-bond acceptors (Lipinski definition) is 5. The Balaban J connectivity index is 1.70. The minimum atomic E-state index is 0.435. The predicted molar refractivity (Wildman–Crippen MR) is 85.8 cm³/mol. The molecule has 1 aliphatic heterocycles. The van der Waals surface area contributed by atoms with Crippen molar-refractivity contribution in [2.24, 2.45) is 0 Å². The number of thiazole rings is 1. The first kappa shape index (κ1) is 14.5. The molecule has 0 radical (unpaired) electrons. The highest BCUT2D eigenvalue weighted by Gasteiger charge is 2.26. The Morgan fingerprint density at radius 3 is 2.76 bits per heavy atom. The van der Waals surface area contributed by atoms with Gasteiger partial charge in [0, 0.05) is 37.3 Å². The standard InChI is InChI=1S/C16H21N3OS/c1-18-8-9-19(12-16-17-7-10-21-16)11-15(18)13-3-5-14(20-2)6-4-13/h3-7,10,15H,8-9,11-12H2,1-2H3/t15-/m1/s1. The number of rotatable bonds is 4. The number of methoxy groups -OCH3 is 1. The van der Waals surface area contributed by atoms with Gasteiger partial charge in [0.1, 0.15) is 10.8 Å². The smallest absolute Gasteiger partial charge is 0.118 e. The second kappa shape index (κ2) is 6.56. The summed E-state index contributed by atoms with van der Waals surface area (Å²) in [6.45, 7) is 4.19. The summed E-state index contributed by atoms with van der Waals surface area (Å²) in [4.78, 5) is 9.32. The van der Waals surface area contributed by atoms with Crippen LogP contribution in [0.3, 0.4) is 0 Å². The van der Waals surface area contributed by atoms with Crippen LogP contribution in [-0.2, 0) is 6.54 Å². The lowest BCUT2D eigenvalue weighted by atomic mass is 10.0. The normalized spacial score (nSPS) is 20.6. The van der Waals surface area contributed by atoms with E-state index in [1.807, 2.05) is 23.7 Å². The third-order valence-electron chi connectivity index (χ3n) is 4.08. The first-order chi connectivity index (χ1) is 10.3. The van der Waals surface area contributed by atoms with Gasteiger partial charge >= 0.3 is 0 Å². The predicted octanol–water partition coefficient (Wildman–Crippen LogP) is 2.64. The van der Waals surface area contributed by atoms with E-state index in [-0.39, 0.29) is 0 Å². The van der Waals surface area contributed by atoms with Crippen molar-refractivity contribution in [3.8, 4) is 5.75 Å². The summed E-state index contributed by atoms with van der Waals surface area (Å²) >= 11 is 1.74. The molecule has 0 bridgehead atoms. The van der Waals surface area contributed by atoms with Crippen molar-refractivity contribution < 1.29 is 4.74 Å². The Labute approximate surface area is 130 Å². The maximum absolute atomic E-state index is 5.24. The van der Waals surface area contributed by atoms with E-state index in [1.165, 1.54) is 10.6 Å². The van der Waals surface area contributed by atoms with E-state index in [2.05, 4.69) is 34.0 Å². The molecule has 1 aliphatic rings. The van der Waals surface area contributed by atoms with E-state index in [1.54, 1.807) is 18.4 Å². The van der Waals surface area contributed by atoms with Gasteiger partial charge in [-0.25, -0.2) is 4.98 Å². The lowest BCUT2D eigenvalue weighted by Gasteiger charge is -2.39. The minimum absolute atomic E-state index is 0.435. The van der Waals surface area contributed by atoms with Crippen LogP contribution in [-0.4, -0.2) is 48.6 Å². The van der Waals surface area contributed by atoms with Gasteiger partial charge in [0.25, 0.3) is 0 Å². The molecule has 1 saturated heterocycles. The summed E-state index contributed by atoms with van der Waals surface area (Å²) in [7, 11) is 3.91. The monoisotopic (exact) mass is 303 g/mol. The number of benzene rings is 1. The third kappa shape index (κ3) is 3.43. The number of likely N-dealkylation sites (N-methyl/N-ethyl adjacent to an activating group) is 1.